The predicted molar refractivity (Wildman–Crippen MR) is 88.5 cm³/mol. The molecule has 1 aliphatic carbocycles. The van der Waals surface area contributed by atoms with Crippen molar-refractivity contribution in [2.75, 3.05) is 6.54 Å². The van der Waals surface area contributed by atoms with Crippen molar-refractivity contribution in [1.82, 2.24) is 5.32 Å². The Labute approximate surface area is 129 Å². The Morgan fingerprint density at radius 1 is 1.25 bits per heavy atom. The summed E-state index contributed by atoms with van der Waals surface area (Å²) in [5.74, 6) is 1.52. The first-order valence-corrected chi connectivity index (χ1v) is 8.42. The molecule has 2 heteroatoms. The highest BCUT2D eigenvalue weighted by molar-refractivity contribution is 6.31. The highest BCUT2D eigenvalue weighted by Crippen LogP contribution is 2.42. The van der Waals surface area contributed by atoms with Crippen molar-refractivity contribution in [2.45, 2.75) is 59.4 Å². The Hall–Kier alpha value is -0.530. The van der Waals surface area contributed by atoms with Gasteiger partial charge in [0.05, 0.1) is 0 Å². The van der Waals surface area contributed by atoms with Crippen LogP contribution in [0.25, 0.3) is 0 Å². The van der Waals surface area contributed by atoms with E-state index in [4.69, 9.17) is 11.6 Å². The third kappa shape index (κ3) is 3.38. The van der Waals surface area contributed by atoms with Crippen LogP contribution >= 0.6 is 11.6 Å². The first kappa shape index (κ1) is 15.9. The van der Waals surface area contributed by atoms with Crippen molar-refractivity contribution in [3.63, 3.8) is 0 Å². The Balaban J connectivity index is 2.32. The van der Waals surface area contributed by atoms with Crippen LogP contribution in [0, 0.1) is 25.7 Å². The van der Waals surface area contributed by atoms with Gasteiger partial charge in [-0.05, 0) is 67.8 Å². The van der Waals surface area contributed by atoms with E-state index < -0.39 is 0 Å². The molecule has 1 fully saturated rings. The summed E-state index contributed by atoms with van der Waals surface area (Å²) in [4.78, 5) is 0. The van der Waals surface area contributed by atoms with Crippen molar-refractivity contribution in [3.05, 3.63) is 33.8 Å². The third-order valence-corrected chi connectivity index (χ3v) is 5.25. The molecule has 1 aromatic rings. The molecule has 112 valence electrons. The van der Waals surface area contributed by atoms with Crippen LogP contribution in [0.4, 0.5) is 0 Å². The van der Waals surface area contributed by atoms with E-state index in [1.807, 2.05) is 0 Å². The van der Waals surface area contributed by atoms with E-state index in [0.29, 0.717) is 6.04 Å². The molecule has 3 atom stereocenters. The summed E-state index contributed by atoms with van der Waals surface area (Å²) in [5, 5.41) is 4.69. The highest BCUT2D eigenvalue weighted by Gasteiger charge is 2.32. The Morgan fingerprint density at radius 2 is 1.95 bits per heavy atom. The molecular formula is C18H28ClN. The number of benzene rings is 1. The lowest BCUT2D eigenvalue weighted by molar-refractivity contribution is 0.302. The van der Waals surface area contributed by atoms with E-state index in [2.05, 4.69) is 45.1 Å². The summed E-state index contributed by atoms with van der Waals surface area (Å²) in [7, 11) is 0. The first-order chi connectivity index (χ1) is 9.54. The normalized spacial score (nSPS) is 24.1. The summed E-state index contributed by atoms with van der Waals surface area (Å²) < 4.78 is 0. The van der Waals surface area contributed by atoms with E-state index in [1.165, 1.54) is 42.4 Å². The second kappa shape index (κ2) is 6.95. The molecule has 1 saturated carbocycles. The van der Waals surface area contributed by atoms with Crippen LogP contribution < -0.4 is 5.32 Å². The summed E-state index contributed by atoms with van der Waals surface area (Å²) >= 11 is 6.56. The molecule has 0 amide bonds. The van der Waals surface area contributed by atoms with Gasteiger partial charge in [0.2, 0.25) is 0 Å². The van der Waals surface area contributed by atoms with Crippen LogP contribution in [-0.2, 0) is 0 Å². The molecule has 0 bridgehead atoms. The van der Waals surface area contributed by atoms with Crippen molar-refractivity contribution in [2.24, 2.45) is 11.8 Å². The maximum atomic E-state index is 6.56. The number of hydrogen-bond donors (Lipinski definition) is 1. The summed E-state index contributed by atoms with van der Waals surface area (Å²) in [6.45, 7) is 10.0. The van der Waals surface area contributed by atoms with Gasteiger partial charge in [-0.2, -0.15) is 0 Å². The van der Waals surface area contributed by atoms with Crippen LogP contribution in [0.5, 0.6) is 0 Å². The molecule has 1 aliphatic rings. The van der Waals surface area contributed by atoms with Gasteiger partial charge in [-0.15, -0.1) is 0 Å². The van der Waals surface area contributed by atoms with Crippen molar-refractivity contribution < 1.29 is 0 Å². The smallest absolute Gasteiger partial charge is 0.0456 e. The monoisotopic (exact) mass is 293 g/mol. The van der Waals surface area contributed by atoms with E-state index in [0.717, 1.165) is 23.4 Å². The molecule has 0 radical (unpaired) electrons. The molecule has 0 aromatic heterocycles. The number of halogens is 1. The summed E-state index contributed by atoms with van der Waals surface area (Å²) in [6.07, 6.45) is 5.21. The highest BCUT2D eigenvalue weighted by atomic mass is 35.5. The fourth-order valence-electron chi connectivity index (χ4n) is 3.50. The average Bonchev–Trinajstić information content (AvgIpc) is 2.82. The molecule has 1 aromatic carbocycles. The van der Waals surface area contributed by atoms with Crippen molar-refractivity contribution >= 4 is 11.6 Å². The standard InChI is InChI=1S/C18H28ClN/c1-5-9-20-18(15-8-6-7-12(15)2)16-10-13(3)14(4)11-17(16)19/h10-12,15,18,20H,5-9H2,1-4H3. The topological polar surface area (TPSA) is 12.0 Å². The van der Waals surface area contributed by atoms with Gasteiger partial charge in [0.15, 0.2) is 0 Å². The van der Waals surface area contributed by atoms with E-state index in [1.54, 1.807) is 0 Å². The summed E-state index contributed by atoms with van der Waals surface area (Å²) in [5.41, 5.74) is 3.94. The fourth-order valence-corrected chi connectivity index (χ4v) is 3.84. The maximum Gasteiger partial charge on any atom is 0.0456 e. The predicted octanol–water partition coefficient (Wildman–Crippen LogP) is 5.43. The van der Waals surface area contributed by atoms with E-state index in [-0.39, 0.29) is 0 Å². The molecule has 0 heterocycles. The van der Waals surface area contributed by atoms with Crippen LogP contribution in [0.15, 0.2) is 12.1 Å². The SMILES string of the molecule is CCCNC(c1cc(C)c(C)cc1Cl)C1CCCC1C. The zero-order valence-electron chi connectivity index (χ0n) is 13.3. The molecule has 20 heavy (non-hydrogen) atoms. The van der Waals surface area contributed by atoms with Crippen molar-refractivity contribution in [1.29, 1.82) is 0 Å². The van der Waals surface area contributed by atoms with Gasteiger partial charge in [0.1, 0.15) is 0 Å². The molecule has 0 spiro atoms. The van der Waals surface area contributed by atoms with Gasteiger partial charge in [-0.3, -0.25) is 0 Å². The number of nitrogens with one attached hydrogen (secondary N) is 1. The lowest BCUT2D eigenvalue weighted by atomic mass is 9.85. The molecule has 1 N–H and O–H groups in total. The van der Waals surface area contributed by atoms with Gasteiger partial charge < -0.3 is 5.32 Å². The number of aryl methyl sites for hydroxylation is 2. The Morgan fingerprint density at radius 3 is 2.55 bits per heavy atom. The maximum absolute atomic E-state index is 6.56. The van der Waals surface area contributed by atoms with Gasteiger partial charge in [-0.25, -0.2) is 0 Å². The molecule has 3 unspecified atom stereocenters. The molecule has 0 aliphatic heterocycles. The Bertz CT molecular complexity index is 455. The third-order valence-electron chi connectivity index (χ3n) is 4.92. The first-order valence-electron chi connectivity index (χ1n) is 8.04. The quantitative estimate of drug-likeness (QED) is 0.763. The summed E-state index contributed by atoms with van der Waals surface area (Å²) in [6, 6.07) is 4.85. The second-order valence-electron chi connectivity index (χ2n) is 6.46. The van der Waals surface area contributed by atoms with E-state index >= 15 is 0 Å². The van der Waals surface area contributed by atoms with Crippen molar-refractivity contribution in [3.8, 4) is 0 Å². The number of hydrogen-bond acceptors (Lipinski definition) is 1. The zero-order chi connectivity index (χ0) is 14.7. The Kier molecular flexibility index (Phi) is 5.51. The average molecular weight is 294 g/mol. The van der Waals surface area contributed by atoms with Crippen LogP contribution in [0.2, 0.25) is 5.02 Å². The molecule has 2 rings (SSSR count). The van der Waals surface area contributed by atoms with Gasteiger partial charge in [0.25, 0.3) is 0 Å². The minimum Gasteiger partial charge on any atom is -0.310 e. The molecule has 0 saturated heterocycles. The van der Waals surface area contributed by atoms with Gasteiger partial charge >= 0.3 is 0 Å². The van der Waals surface area contributed by atoms with Gasteiger partial charge in [0, 0.05) is 11.1 Å². The minimum atomic E-state index is 0.416. The second-order valence-corrected chi connectivity index (χ2v) is 6.87. The zero-order valence-corrected chi connectivity index (χ0v) is 14.1. The fraction of sp³-hybridized carbons (Fsp3) is 0.667. The lowest BCUT2D eigenvalue weighted by Gasteiger charge is -2.30. The van der Waals surface area contributed by atoms with Gasteiger partial charge in [-0.1, -0.05) is 44.4 Å². The number of rotatable bonds is 5. The van der Waals surface area contributed by atoms with Crippen LogP contribution in [0.1, 0.15) is 62.3 Å². The van der Waals surface area contributed by atoms with Crippen LogP contribution in [-0.4, -0.2) is 6.54 Å². The molecular weight excluding hydrogens is 266 g/mol. The largest absolute Gasteiger partial charge is 0.310 e. The van der Waals surface area contributed by atoms with E-state index in [9.17, 15) is 0 Å². The minimum absolute atomic E-state index is 0.416. The van der Waals surface area contributed by atoms with Crippen LogP contribution in [0.3, 0.4) is 0 Å². The lowest BCUT2D eigenvalue weighted by Crippen LogP contribution is -2.30. The molecule has 1 nitrogen and oxygen atoms in total.